The molecule has 0 bridgehead atoms. The number of carbonyl (C=O) groups excluding carboxylic acids is 2. The standard InChI is InChI=1S/C15H16N6O3S2/c1-8-3-4-10-9(5-8)17-14(26-10)18-11(22)6-21-13(16)19-20-15(21)25-7-12(23)24-2/h3-5H,6-7H2,1-2H3,(H2,16,19)(H,17,18,22). The number of carbonyl (C=O) groups is 2. The summed E-state index contributed by atoms with van der Waals surface area (Å²) in [5.74, 6) is -0.579. The Kier molecular flexibility index (Phi) is 5.38. The Morgan fingerprint density at radius 2 is 2.19 bits per heavy atom. The minimum Gasteiger partial charge on any atom is -0.468 e. The van der Waals surface area contributed by atoms with E-state index in [-0.39, 0.29) is 24.2 Å². The predicted molar refractivity (Wildman–Crippen MR) is 100 cm³/mol. The summed E-state index contributed by atoms with van der Waals surface area (Å²) in [5, 5.41) is 11.3. The molecule has 0 aliphatic carbocycles. The van der Waals surface area contributed by atoms with Crippen molar-refractivity contribution >= 4 is 56.3 Å². The number of nitrogens with one attached hydrogen (secondary N) is 1. The number of esters is 1. The second-order valence-electron chi connectivity index (χ2n) is 5.33. The third-order valence-electron chi connectivity index (χ3n) is 3.38. The second kappa shape index (κ2) is 7.70. The molecule has 3 rings (SSSR count). The molecule has 0 aliphatic rings. The quantitative estimate of drug-likeness (QED) is 0.479. The number of thiazole rings is 1. The van der Waals surface area contributed by atoms with E-state index in [1.54, 1.807) is 0 Å². The van der Waals surface area contributed by atoms with Crippen LogP contribution in [-0.2, 0) is 20.9 Å². The van der Waals surface area contributed by atoms with Gasteiger partial charge >= 0.3 is 5.97 Å². The number of hydrogen-bond acceptors (Lipinski definition) is 9. The third-order valence-corrected chi connectivity index (χ3v) is 5.28. The van der Waals surface area contributed by atoms with Gasteiger partial charge in [-0.3, -0.25) is 14.2 Å². The highest BCUT2D eigenvalue weighted by Gasteiger charge is 2.16. The lowest BCUT2D eigenvalue weighted by molar-refractivity contribution is -0.137. The van der Waals surface area contributed by atoms with Crippen molar-refractivity contribution in [3.63, 3.8) is 0 Å². The van der Waals surface area contributed by atoms with Crippen LogP contribution in [0.2, 0.25) is 0 Å². The molecule has 0 atom stereocenters. The Hall–Kier alpha value is -2.66. The van der Waals surface area contributed by atoms with E-state index >= 15 is 0 Å². The molecule has 0 saturated carbocycles. The highest BCUT2D eigenvalue weighted by Crippen LogP contribution is 2.26. The first-order valence-electron chi connectivity index (χ1n) is 7.51. The number of benzene rings is 1. The van der Waals surface area contributed by atoms with Crippen LogP contribution in [0.3, 0.4) is 0 Å². The minimum atomic E-state index is -0.405. The lowest BCUT2D eigenvalue weighted by Crippen LogP contribution is -2.20. The van der Waals surface area contributed by atoms with Crippen molar-refractivity contribution in [2.75, 3.05) is 23.9 Å². The Morgan fingerprint density at radius 3 is 2.96 bits per heavy atom. The number of fused-ring (bicyclic) bond motifs is 1. The lowest BCUT2D eigenvalue weighted by Gasteiger charge is -2.07. The summed E-state index contributed by atoms with van der Waals surface area (Å²) >= 11 is 2.49. The first-order chi connectivity index (χ1) is 12.5. The van der Waals surface area contributed by atoms with E-state index in [9.17, 15) is 9.59 Å². The van der Waals surface area contributed by atoms with E-state index < -0.39 is 5.97 Å². The van der Waals surface area contributed by atoms with Crippen molar-refractivity contribution in [3.8, 4) is 0 Å². The molecule has 2 aromatic heterocycles. The van der Waals surface area contributed by atoms with Crippen LogP contribution >= 0.6 is 23.1 Å². The van der Waals surface area contributed by atoms with Crippen molar-refractivity contribution in [1.29, 1.82) is 0 Å². The molecule has 11 heteroatoms. The molecular weight excluding hydrogens is 376 g/mol. The summed E-state index contributed by atoms with van der Waals surface area (Å²) in [6.45, 7) is 1.90. The van der Waals surface area contributed by atoms with Crippen molar-refractivity contribution in [2.24, 2.45) is 0 Å². The summed E-state index contributed by atoms with van der Waals surface area (Å²) in [5.41, 5.74) is 7.71. The second-order valence-corrected chi connectivity index (χ2v) is 7.30. The van der Waals surface area contributed by atoms with Crippen molar-refractivity contribution in [3.05, 3.63) is 23.8 Å². The van der Waals surface area contributed by atoms with Gasteiger partial charge < -0.3 is 15.8 Å². The van der Waals surface area contributed by atoms with Crippen molar-refractivity contribution < 1.29 is 14.3 Å². The molecule has 0 aliphatic heterocycles. The molecule has 1 aromatic carbocycles. The van der Waals surface area contributed by atoms with Crippen LogP contribution in [0, 0.1) is 6.92 Å². The van der Waals surface area contributed by atoms with Gasteiger partial charge in [0.05, 0.1) is 23.1 Å². The number of ether oxygens (including phenoxy) is 1. The van der Waals surface area contributed by atoms with E-state index in [0.717, 1.165) is 27.5 Å². The van der Waals surface area contributed by atoms with E-state index in [2.05, 4.69) is 25.2 Å². The van der Waals surface area contributed by atoms with Gasteiger partial charge in [0, 0.05) is 0 Å². The van der Waals surface area contributed by atoms with Crippen molar-refractivity contribution in [1.82, 2.24) is 19.7 Å². The average Bonchev–Trinajstić information content (AvgIpc) is 3.15. The monoisotopic (exact) mass is 392 g/mol. The molecule has 2 heterocycles. The summed E-state index contributed by atoms with van der Waals surface area (Å²) in [6.07, 6.45) is 0. The van der Waals surface area contributed by atoms with Gasteiger partial charge in [-0.2, -0.15) is 0 Å². The third kappa shape index (κ3) is 4.11. The van der Waals surface area contributed by atoms with Gasteiger partial charge in [0.1, 0.15) is 6.54 Å². The van der Waals surface area contributed by atoms with Crippen LogP contribution in [0.4, 0.5) is 11.1 Å². The van der Waals surface area contributed by atoms with Gasteiger partial charge in [0.2, 0.25) is 11.9 Å². The van der Waals surface area contributed by atoms with Gasteiger partial charge in [-0.1, -0.05) is 29.2 Å². The molecule has 9 nitrogen and oxygen atoms in total. The zero-order chi connectivity index (χ0) is 18.7. The maximum atomic E-state index is 12.3. The summed E-state index contributed by atoms with van der Waals surface area (Å²) < 4.78 is 7.00. The smallest absolute Gasteiger partial charge is 0.316 e. The minimum absolute atomic E-state index is 0.0491. The van der Waals surface area contributed by atoms with E-state index in [0.29, 0.717) is 10.3 Å². The number of hydrogen-bond donors (Lipinski definition) is 2. The highest BCUT2D eigenvalue weighted by molar-refractivity contribution is 7.99. The van der Waals surface area contributed by atoms with Crippen LogP contribution < -0.4 is 11.1 Å². The number of aryl methyl sites for hydroxylation is 1. The maximum Gasteiger partial charge on any atom is 0.316 e. The molecule has 0 fully saturated rings. The van der Waals surface area contributed by atoms with Crippen LogP contribution in [0.1, 0.15) is 5.56 Å². The predicted octanol–water partition coefficient (Wildman–Crippen LogP) is 1.68. The summed E-state index contributed by atoms with van der Waals surface area (Å²) in [6, 6.07) is 5.92. The van der Waals surface area contributed by atoms with Gasteiger partial charge in [-0.05, 0) is 24.6 Å². The summed E-state index contributed by atoms with van der Waals surface area (Å²) in [4.78, 5) is 28.0. The number of nitrogens with two attached hydrogens (primary N) is 1. The van der Waals surface area contributed by atoms with Gasteiger partial charge in [0.25, 0.3) is 0 Å². The fourth-order valence-electron chi connectivity index (χ4n) is 2.13. The number of rotatable bonds is 6. The first kappa shape index (κ1) is 18.1. The first-order valence-corrected chi connectivity index (χ1v) is 9.32. The number of anilines is 2. The van der Waals surface area contributed by atoms with Crippen LogP contribution in [-0.4, -0.2) is 44.5 Å². The largest absolute Gasteiger partial charge is 0.468 e. The zero-order valence-electron chi connectivity index (χ0n) is 14.1. The number of methoxy groups -OCH3 is 1. The topological polar surface area (TPSA) is 125 Å². The molecule has 3 aromatic rings. The molecular formula is C15H16N6O3S2. The number of nitrogen functional groups attached to an aromatic ring is 1. The number of nitrogens with zero attached hydrogens (tertiary/aromatic N) is 4. The Labute approximate surface area is 156 Å². The van der Waals surface area contributed by atoms with Crippen molar-refractivity contribution in [2.45, 2.75) is 18.6 Å². The molecule has 136 valence electrons. The normalized spacial score (nSPS) is 10.8. The molecule has 1 amide bonds. The Morgan fingerprint density at radius 1 is 1.38 bits per heavy atom. The van der Waals surface area contributed by atoms with E-state index in [1.165, 1.54) is 23.0 Å². The Bertz CT molecular complexity index is 968. The molecule has 0 radical (unpaired) electrons. The molecule has 0 saturated heterocycles. The van der Waals surface area contributed by atoms with Gasteiger partial charge in [-0.15, -0.1) is 10.2 Å². The fourth-order valence-corrected chi connectivity index (χ4v) is 3.77. The SMILES string of the molecule is COC(=O)CSc1nnc(N)n1CC(=O)Nc1nc2cc(C)ccc2s1. The summed E-state index contributed by atoms with van der Waals surface area (Å²) in [7, 11) is 1.30. The number of amides is 1. The number of aromatic nitrogens is 4. The lowest BCUT2D eigenvalue weighted by atomic mass is 10.2. The average molecular weight is 392 g/mol. The van der Waals surface area contributed by atoms with E-state index in [1.807, 2.05) is 25.1 Å². The molecule has 3 N–H and O–H groups in total. The van der Waals surface area contributed by atoms with Gasteiger partial charge in [-0.25, -0.2) is 4.98 Å². The maximum absolute atomic E-state index is 12.3. The van der Waals surface area contributed by atoms with Crippen LogP contribution in [0.15, 0.2) is 23.4 Å². The molecule has 0 spiro atoms. The number of thioether (sulfide) groups is 1. The van der Waals surface area contributed by atoms with Crippen LogP contribution in [0.25, 0.3) is 10.2 Å². The molecule has 26 heavy (non-hydrogen) atoms. The van der Waals surface area contributed by atoms with E-state index in [4.69, 9.17) is 5.73 Å². The van der Waals surface area contributed by atoms with Gasteiger partial charge in [0.15, 0.2) is 10.3 Å². The fraction of sp³-hybridized carbons (Fsp3) is 0.267. The zero-order valence-corrected chi connectivity index (χ0v) is 15.7. The Balaban J connectivity index is 1.69. The van der Waals surface area contributed by atoms with Crippen LogP contribution in [0.5, 0.6) is 0 Å². The highest BCUT2D eigenvalue weighted by atomic mass is 32.2. The molecule has 0 unspecified atom stereocenters.